The van der Waals surface area contributed by atoms with E-state index in [4.69, 9.17) is 16.3 Å². The Labute approximate surface area is 124 Å². The number of hydrogen-bond donors (Lipinski definition) is 2. The summed E-state index contributed by atoms with van der Waals surface area (Å²) in [6.07, 6.45) is 4.27. The van der Waals surface area contributed by atoms with Crippen molar-refractivity contribution in [3.8, 4) is 5.75 Å². The van der Waals surface area contributed by atoms with Gasteiger partial charge in [-0.05, 0) is 25.0 Å². The summed E-state index contributed by atoms with van der Waals surface area (Å²) in [7, 11) is 0. The molecule has 1 aromatic carbocycles. The summed E-state index contributed by atoms with van der Waals surface area (Å²) in [6.45, 7) is -0.0903. The standard InChI is InChI=1S/C15H20ClNO3/c16-11-6-4-5-9-14(11)20-10-15(19)17-12-7-2-1-3-8-13(12)18/h4-6,9,12-13,18H,1-3,7-8,10H2,(H,17,19). The molecule has 2 N–H and O–H groups in total. The SMILES string of the molecule is O=C(COc1ccccc1Cl)NC1CCCCCC1O. The minimum atomic E-state index is -0.457. The van der Waals surface area contributed by atoms with Crippen LogP contribution < -0.4 is 10.1 Å². The second kappa shape index (κ2) is 7.50. The lowest BCUT2D eigenvalue weighted by Crippen LogP contribution is -2.44. The lowest BCUT2D eigenvalue weighted by Gasteiger charge is -2.21. The van der Waals surface area contributed by atoms with Crippen molar-refractivity contribution in [1.82, 2.24) is 5.32 Å². The number of para-hydroxylation sites is 1. The van der Waals surface area contributed by atoms with Gasteiger partial charge in [-0.2, -0.15) is 0 Å². The maximum atomic E-state index is 11.9. The Morgan fingerprint density at radius 1 is 1.30 bits per heavy atom. The first-order valence-corrected chi connectivity index (χ1v) is 7.39. The Morgan fingerprint density at radius 2 is 2.05 bits per heavy atom. The number of aliphatic hydroxyl groups is 1. The van der Waals surface area contributed by atoms with Gasteiger partial charge in [0, 0.05) is 0 Å². The normalized spacial score (nSPS) is 22.9. The molecule has 1 amide bonds. The number of hydrogen-bond acceptors (Lipinski definition) is 3. The van der Waals surface area contributed by atoms with Crippen LogP contribution in [0.25, 0.3) is 0 Å². The minimum Gasteiger partial charge on any atom is -0.482 e. The lowest BCUT2D eigenvalue weighted by atomic mass is 10.1. The maximum absolute atomic E-state index is 11.9. The van der Waals surface area contributed by atoms with Gasteiger partial charge >= 0.3 is 0 Å². The number of carbonyl (C=O) groups is 1. The first-order chi connectivity index (χ1) is 9.66. The van der Waals surface area contributed by atoms with Gasteiger partial charge in [-0.1, -0.05) is 43.0 Å². The first-order valence-electron chi connectivity index (χ1n) is 7.01. The number of aliphatic hydroxyl groups excluding tert-OH is 1. The number of nitrogens with one attached hydrogen (secondary N) is 1. The van der Waals surface area contributed by atoms with Gasteiger partial charge in [0.25, 0.3) is 5.91 Å². The number of halogens is 1. The molecule has 1 saturated carbocycles. The zero-order valence-electron chi connectivity index (χ0n) is 11.3. The summed E-state index contributed by atoms with van der Waals surface area (Å²) < 4.78 is 5.38. The second-order valence-electron chi connectivity index (χ2n) is 5.10. The van der Waals surface area contributed by atoms with Crippen molar-refractivity contribution in [1.29, 1.82) is 0 Å². The second-order valence-corrected chi connectivity index (χ2v) is 5.51. The van der Waals surface area contributed by atoms with E-state index in [1.54, 1.807) is 24.3 Å². The van der Waals surface area contributed by atoms with E-state index < -0.39 is 6.10 Å². The summed E-state index contributed by atoms with van der Waals surface area (Å²) >= 11 is 5.95. The van der Waals surface area contributed by atoms with E-state index >= 15 is 0 Å². The fraction of sp³-hybridized carbons (Fsp3) is 0.533. The molecule has 110 valence electrons. The third-order valence-corrected chi connectivity index (χ3v) is 3.83. The minimum absolute atomic E-state index is 0.0903. The van der Waals surface area contributed by atoms with E-state index in [0.29, 0.717) is 10.8 Å². The van der Waals surface area contributed by atoms with Gasteiger partial charge < -0.3 is 15.2 Å². The molecule has 0 aromatic heterocycles. The van der Waals surface area contributed by atoms with Crippen molar-refractivity contribution in [3.05, 3.63) is 29.3 Å². The van der Waals surface area contributed by atoms with Crippen LogP contribution in [-0.2, 0) is 4.79 Å². The summed E-state index contributed by atoms with van der Waals surface area (Å²) in [5.74, 6) is 0.265. The molecule has 2 rings (SSSR count). The summed E-state index contributed by atoms with van der Waals surface area (Å²) in [6, 6.07) is 6.87. The number of carbonyl (C=O) groups excluding carboxylic acids is 1. The van der Waals surface area contributed by atoms with Gasteiger partial charge in [0.15, 0.2) is 6.61 Å². The predicted molar refractivity (Wildman–Crippen MR) is 78.0 cm³/mol. The zero-order valence-corrected chi connectivity index (χ0v) is 12.1. The van der Waals surface area contributed by atoms with E-state index in [2.05, 4.69) is 5.32 Å². The van der Waals surface area contributed by atoms with Gasteiger partial charge in [-0.15, -0.1) is 0 Å². The Balaban J connectivity index is 1.81. The third kappa shape index (κ3) is 4.39. The molecular formula is C15H20ClNO3. The molecule has 1 aromatic rings. The Kier molecular flexibility index (Phi) is 5.68. The molecule has 5 heteroatoms. The van der Waals surface area contributed by atoms with E-state index in [1.807, 2.05) is 0 Å². The van der Waals surface area contributed by atoms with Gasteiger partial charge in [-0.25, -0.2) is 0 Å². The van der Waals surface area contributed by atoms with Gasteiger partial charge in [-0.3, -0.25) is 4.79 Å². The highest BCUT2D eigenvalue weighted by atomic mass is 35.5. The predicted octanol–water partition coefficient (Wildman–Crippen LogP) is 2.53. The molecule has 0 bridgehead atoms. The molecule has 1 fully saturated rings. The van der Waals surface area contributed by atoms with Crippen molar-refractivity contribution in [3.63, 3.8) is 0 Å². The average Bonchev–Trinajstić information content (AvgIpc) is 2.63. The van der Waals surface area contributed by atoms with Crippen LogP contribution in [0, 0.1) is 0 Å². The molecule has 2 atom stereocenters. The van der Waals surface area contributed by atoms with Crippen LogP contribution in [0.1, 0.15) is 32.1 Å². The molecule has 0 saturated heterocycles. The van der Waals surface area contributed by atoms with Crippen LogP contribution in [0.15, 0.2) is 24.3 Å². The van der Waals surface area contributed by atoms with Crippen molar-refractivity contribution >= 4 is 17.5 Å². The van der Waals surface area contributed by atoms with E-state index in [1.165, 1.54) is 0 Å². The fourth-order valence-corrected chi connectivity index (χ4v) is 2.60. The largest absolute Gasteiger partial charge is 0.482 e. The smallest absolute Gasteiger partial charge is 0.258 e. The van der Waals surface area contributed by atoms with E-state index in [-0.39, 0.29) is 18.6 Å². The molecule has 0 aliphatic heterocycles. The highest BCUT2D eigenvalue weighted by Crippen LogP contribution is 2.23. The van der Waals surface area contributed by atoms with Crippen molar-refractivity contribution in [2.75, 3.05) is 6.61 Å². The number of ether oxygens (including phenoxy) is 1. The Hall–Kier alpha value is -1.26. The fourth-order valence-electron chi connectivity index (χ4n) is 2.41. The summed E-state index contributed by atoms with van der Waals surface area (Å²) in [4.78, 5) is 11.9. The lowest BCUT2D eigenvalue weighted by molar-refractivity contribution is -0.124. The highest BCUT2D eigenvalue weighted by molar-refractivity contribution is 6.32. The van der Waals surface area contributed by atoms with Crippen LogP contribution in [0.4, 0.5) is 0 Å². The van der Waals surface area contributed by atoms with E-state index in [9.17, 15) is 9.90 Å². The van der Waals surface area contributed by atoms with Gasteiger partial charge in [0.2, 0.25) is 0 Å². The van der Waals surface area contributed by atoms with E-state index in [0.717, 1.165) is 32.1 Å². The molecule has 0 spiro atoms. The summed E-state index contributed by atoms with van der Waals surface area (Å²) in [5, 5.41) is 13.3. The highest BCUT2D eigenvalue weighted by Gasteiger charge is 2.23. The topological polar surface area (TPSA) is 58.6 Å². The third-order valence-electron chi connectivity index (χ3n) is 3.52. The van der Waals surface area contributed by atoms with Gasteiger partial charge in [0.05, 0.1) is 17.2 Å². The van der Waals surface area contributed by atoms with Crippen molar-refractivity contribution < 1.29 is 14.6 Å². The van der Waals surface area contributed by atoms with Crippen LogP contribution in [-0.4, -0.2) is 29.8 Å². The summed E-state index contributed by atoms with van der Waals surface area (Å²) in [5.41, 5.74) is 0. The molecule has 0 radical (unpaired) electrons. The monoisotopic (exact) mass is 297 g/mol. The molecule has 0 heterocycles. The maximum Gasteiger partial charge on any atom is 0.258 e. The van der Waals surface area contributed by atoms with Crippen molar-refractivity contribution in [2.45, 2.75) is 44.2 Å². The number of benzene rings is 1. The quantitative estimate of drug-likeness (QED) is 0.840. The molecule has 1 aliphatic rings. The molecule has 20 heavy (non-hydrogen) atoms. The molecule has 2 unspecified atom stereocenters. The number of amides is 1. The molecule has 4 nitrogen and oxygen atoms in total. The number of rotatable bonds is 4. The Bertz CT molecular complexity index is 452. The molecular weight excluding hydrogens is 278 g/mol. The van der Waals surface area contributed by atoms with Crippen molar-refractivity contribution in [2.24, 2.45) is 0 Å². The Morgan fingerprint density at radius 3 is 2.85 bits per heavy atom. The van der Waals surface area contributed by atoms with Gasteiger partial charge in [0.1, 0.15) is 5.75 Å². The van der Waals surface area contributed by atoms with Crippen LogP contribution in [0.2, 0.25) is 5.02 Å². The first kappa shape index (κ1) is 15.1. The van der Waals surface area contributed by atoms with Crippen LogP contribution >= 0.6 is 11.6 Å². The molecule has 1 aliphatic carbocycles. The zero-order chi connectivity index (χ0) is 14.4. The van der Waals surface area contributed by atoms with Crippen LogP contribution in [0.5, 0.6) is 5.75 Å². The average molecular weight is 298 g/mol. The van der Waals surface area contributed by atoms with Crippen LogP contribution in [0.3, 0.4) is 0 Å².